The molecular formula is C39H42F3N3O2S. The summed E-state index contributed by atoms with van der Waals surface area (Å²) in [5.41, 5.74) is 4.74. The second-order valence-electron chi connectivity index (χ2n) is 13.3. The van der Waals surface area contributed by atoms with Crippen molar-refractivity contribution in [2.45, 2.75) is 89.1 Å². The third kappa shape index (κ3) is 7.95. The SMILES string of the molecule is CCC(CC)(Cc1c(SC(C)(C)C)c2cc(CCc3ccccn3)ccc2n1Cc1ccc(-c2ccc(C(F)(F)F)cn2)cc1)C(=O)O. The Morgan fingerprint density at radius 2 is 1.58 bits per heavy atom. The number of aromatic nitrogens is 3. The molecular weight excluding hydrogens is 632 g/mol. The number of hydrogen-bond donors (Lipinski definition) is 1. The smallest absolute Gasteiger partial charge is 0.417 e. The van der Waals surface area contributed by atoms with Crippen molar-refractivity contribution in [1.82, 2.24) is 14.5 Å². The number of carboxylic acids is 1. The fourth-order valence-electron chi connectivity index (χ4n) is 6.07. The second-order valence-corrected chi connectivity index (χ2v) is 15.2. The van der Waals surface area contributed by atoms with Crippen LogP contribution in [0.15, 0.2) is 90.1 Å². The third-order valence-electron chi connectivity index (χ3n) is 8.98. The predicted octanol–water partition coefficient (Wildman–Crippen LogP) is 10.3. The number of rotatable bonds is 12. The molecule has 0 aliphatic carbocycles. The first-order chi connectivity index (χ1) is 22.7. The fourth-order valence-corrected chi connectivity index (χ4v) is 7.25. The van der Waals surface area contributed by atoms with Crippen LogP contribution in [0.3, 0.4) is 0 Å². The Bertz CT molecular complexity index is 1860. The molecule has 3 aromatic heterocycles. The summed E-state index contributed by atoms with van der Waals surface area (Å²) in [5.74, 6) is -0.791. The van der Waals surface area contributed by atoms with Crippen molar-refractivity contribution >= 4 is 28.6 Å². The number of carboxylic acid groups (broad SMARTS) is 1. The van der Waals surface area contributed by atoms with Crippen LogP contribution in [0.2, 0.25) is 0 Å². The Balaban J connectivity index is 1.59. The molecule has 252 valence electrons. The van der Waals surface area contributed by atoms with Gasteiger partial charge in [-0.3, -0.25) is 14.8 Å². The van der Waals surface area contributed by atoms with E-state index in [1.54, 1.807) is 11.8 Å². The summed E-state index contributed by atoms with van der Waals surface area (Å²) < 4.78 is 41.3. The van der Waals surface area contributed by atoms with E-state index in [0.29, 0.717) is 37.1 Å². The molecule has 5 nitrogen and oxygen atoms in total. The van der Waals surface area contributed by atoms with Gasteiger partial charge in [0.2, 0.25) is 0 Å². The van der Waals surface area contributed by atoms with Crippen molar-refractivity contribution in [2.24, 2.45) is 5.41 Å². The summed E-state index contributed by atoms with van der Waals surface area (Å²) in [5, 5.41) is 11.6. The van der Waals surface area contributed by atoms with Gasteiger partial charge in [-0.15, -0.1) is 11.8 Å². The van der Waals surface area contributed by atoms with Gasteiger partial charge < -0.3 is 9.67 Å². The number of pyridine rings is 2. The van der Waals surface area contributed by atoms with E-state index in [4.69, 9.17) is 0 Å². The van der Waals surface area contributed by atoms with Gasteiger partial charge in [-0.1, -0.05) is 71.0 Å². The molecule has 0 fully saturated rings. The molecule has 0 radical (unpaired) electrons. The lowest BCUT2D eigenvalue weighted by molar-refractivity contribution is -0.149. The molecule has 0 aliphatic heterocycles. The first kappa shape index (κ1) is 35.2. The van der Waals surface area contributed by atoms with Crippen molar-refractivity contribution in [3.63, 3.8) is 0 Å². The molecule has 0 saturated carbocycles. The number of alkyl halides is 3. The van der Waals surface area contributed by atoms with Gasteiger partial charge >= 0.3 is 12.1 Å². The van der Waals surface area contributed by atoms with Crippen LogP contribution in [0.25, 0.3) is 22.2 Å². The predicted molar refractivity (Wildman–Crippen MR) is 187 cm³/mol. The number of carbonyl (C=O) groups is 1. The summed E-state index contributed by atoms with van der Waals surface area (Å²) in [7, 11) is 0. The van der Waals surface area contributed by atoms with Gasteiger partial charge in [0.25, 0.3) is 0 Å². The number of aryl methyl sites for hydroxylation is 2. The molecule has 0 aliphatic rings. The summed E-state index contributed by atoms with van der Waals surface area (Å²) in [6, 6.07) is 22.6. The summed E-state index contributed by atoms with van der Waals surface area (Å²) in [6.45, 7) is 10.9. The van der Waals surface area contributed by atoms with E-state index in [-0.39, 0.29) is 4.75 Å². The first-order valence-electron chi connectivity index (χ1n) is 16.3. The molecule has 5 rings (SSSR count). The molecule has 48 heavy (non-hydrogen) atoms. The minimum Gasteiger partial charge on any atom is -0.481 e. The monoisotopic (exact) mass is 673 g/mol. The Kier molecular flexibility index (Phi) is 10.4. The summed E-state index contributed by atoms with van der Waals surface area (Å²) in [4.78, 5) is 22.4. The molecule has 5 aromatic rings. The molecule has 0 unspecified atom stereocenters. The number of aliphatic carboxylic acids is 1. The van der Waals surface area contributed by atoms with Crippen LogP contribution in [-0.2, 0) is 36.8 Å². The molecule has 1 N–H and O–H groups in total. The van der Waals surface area contributed by atoms with Crippen molar-refractivity contribution < 1.29 is 23.1 Å². The molecule has 0 saturated heterocycles. The van der Waals surface area contributed by atoms with E-state index < -0.39 is 23.1 Å². The molecule has 0 atom stereocenters. The highest BCUT2D eigenvalue weighted by molar-refractivity contribution is 8.00. The number of thioether (sulfide) groups is 1. The molecule has 0 bridgehead atoms. The van der Waals surface area contributed by atoms with Crippen LogP contribution < -0.4 is 0 Å². The number of benzene rings is 2. The van der Waals surface area contributed by atoms with Crippen molar-refractivity contribution in [3.05, 3.63) is 113 Å². The van der Waals surface area contributed by atoms with E-state index in [1.165, 1.54) is 11.6 Å². The molecule has 2 aromatic carbocycles. The Labute approximate surface area is 284 Å². The van der Waals surface area contributed by atoms with E-state index in [0.717, 1.165) is 57.9 Å². The Morgan fingerprint density at radius 1 is 0.875 bits per heavy atom. The number of hydrogen-bond acceptors (Lipinski definition) is 4. The maximum atomic E-state index is 13.1. The lowest BCUT2D eigenvalue weighted by atomic mass is 9.78. The maximum absolute atomic E-state index is 13.1. The van der Waals surface area contributed by atoms with Gasteiger partial charge in [0.15, 0.2) is 0 Å². The summed E-state index contributed by atoms with van der Waals surface area (Å²) in [6.07, 6.45) is 1.27. The fraction of sp³-hybridized carbons (Fsp3) is 0.359. The minimum absolute atomic E-state index is 0.127. The molecule has 0 amide bonds. The van der Waals surface area contributed by atoms with Gasteiger partial charge in [-0.2, -0.15) is 13.2 Å². The van der Waals surface area contributed by atoms with Crippen LogP contribution >= 0.6 is 11.8 Å². The van der Waals surface area contributed by atoms with E-state index in [2.05, 4.69) is 53.5 Å². The van der Waals surface area contributed by atoms with Crippen molar-refractivity contribution in [2.75, 3.05) is 0 Å². The van der Waals surface area contributed by atoms with E-state index in [1.807, 2.05) is 62.5 Å². The van der Waals surface area contributed by atoms with Gasteiger partial charge in [0, 0.05) is 62.9 Å². The lowest BCUT2D eigenvalue weighted by Gasteiger charge is -2.29. The highest BCUT2D eigenvalue weighted by atomic mass is 32.2. The van der Waals surface area contributed by atoms with Gasteiger partial charge in [0.05, 0.1) is 16.7 Å². The normalized spacial score (nSPS) is 12.5. The van der Waals surface area contributed by atoms with E-state index >= 15 is 0 Å². The van der Waals surface area contributed by atoms with Crippen LogP contribution in [0.4, 0.5) is 13.2 Å². The topological polar surface area (TPSA) is 68.0 Å². The Hall–Kier alpha value is -4.11. The average molecular weight is 674 g/mol. The molecule has 3 heterocycles. The van der Waals surface area contributed by atoms with Gasteiger partial charge in [-0.25, -0.2) is 0 Å². The van der Waals surface area contributed by atoms with Gasteiger partial charge in [0.1, 0.15) is 0 Å². The second kappa shape index (κ2) is 14.2. The quantitative estimate of drug-likeness (QED) is 0.134. The van der Waals surface area contributed by atoms with E-state index in [9.17, 15) is 23.1 Å². The lowest BCUT2D eigenvalue weighted by Crippen LogP contribution is -2.33. The van der Waals surface area contributed by atoms with Crippen LogP contribution in [0.1, 0.15) is 75.5 Å². The highest BCUT2D eigenvalue weighted by Gasteiger charge is 2.38. The van der Waals surface area contributed by atoms with Crippen LogP contribution in [-0.4, -0.2) is 30.4 Å². The highest BCUT2D eigenvalue weighted by Crippen LogP contribution is 2.45. The molecule has 0 spiro atoms. The van der Waals surface area contributed by atoms with Crippen LogP contribution in [0.5, 0.6) is 0 Å². The van der Waals surface area contributed by atoms with Crippen molar-refractivity contribution in [1.29, 1.82) is 0 Å². The number of fused-ring (bicyclic) bond motifs is 1. The zero-order valence-electron chi connectivity index (χ0n) is 28.1. The molecule has 9 heteroatoms. The maximum Gasteiger partial charge on any atom is 0.417 e. The summed E-state index contributed by atoms with van der Waals surface area (Å²) >= 11 is 1.77. The van der Waals surface area contributed by atoms with Crippen molar-refractivity contribution in [3.8, 4) is 11.3 Å². The number of halogens is 3. The van der Waals surface area contributed by atoms with Crippen LogP contribution in [0, 0.1) is 5.41 Å². The third-order valence-corrected chi connectivity index (χ3v) is 10.3. The zero-order chi connectivity index (χ0) is 34.7. The Morgan fingerprint density at radius 3 is 2.15 bits per heavy atom. The largest absolute Gasteiger partial charge is 0.481 e. The average Bonchev–Trinajstić information content (AvgIpc) is 3.32. The van der Waals surface area contributed by atoms with Gasteiger partial charge in [-0.05, 0) is 73.2 Å². The first-order valence-corrected chi connectivity index (χ1v) is 17.1. The standard InChI is InChI=1S/C39H42F3N3O2S/c1-6-38(7-2,36(46)47)23-34-35(48-37(3,4)5)31-22-26(13-18-30-10-8-9-21-43-30)14-20-33(31)45(34)25-27-11-15-28(16-12-27)32-19-17-29(24-44-32)39(40,41)42/h8-12,14-17,19-22,24H,6-7,13,18,23,25H2,1-5H3,(H,46,47). The number of nitrogens with zero attached hydrogens (tertiary/aromatic N) is 3. The zero-order valence-corrected chi connectivity index (χ0v) is 28.9. The minimum atomic E-state index is -4.44.